The first-order valence-electron chi connectivity index (χ1n) is 9.42. The molecule has 0 heterocycles. The Balaban J connectivity index is 1.79. The molecule has 11 heteroatoms. The standard InChI is InChI=1S/C23H13Cl4N3O4/c24-17-4-2-1-3-14(17)12-34-22-19(26)8-13(9-20(22)27)7-15(11-28)23(31)29-21-6-5-16(30(32)33)10-18(21)25/h1-10H,12H2,(H,29,31)/b15-7+. The van der Waals surface area contributed by atoms with Crippen LogP contribution in [0.3, 0.4) is 0 Å². The van der Waals surface area contributed by atoms with Gasteiger partial charge >= 0.3 is 0 Å². The predicted molar refractivity (Wildman–Crippen MR) is 133 cm³/mol. The Hall–Kier alpha value is -3.28. The summed E-state index contributed by atoms with van der Waals surface area (Å²) in [5.74, 6) is -0.550. The van der Waals surface area contributed by atoms with E-state index in [1.54, 1.807) is 24.3 Å². The lowest BCUT2D eigenvalue weighted by molar-refractivity contribution is -0.384. The zero-order valence-corrected chi connectivity index (χ0v) is 20.0. The number of carbonyl (C=O) groups is 1. The summed E-state index contributed by atoms with van der Waals surface area (Å²) in [6, 6.07) is 15.5. The van der Waals surface area contributed by atoms with Crippen molar-refractivity contribution in [3.05, 3.63) is 102 Å². The third-order valence-electron chi connectivity index (χ3n) is 4.44. The lowest BCUT2D eigenvalue weighted by Gasteiger charge is -2.12. The molecule has 0 saturated carbocycles. The first kappa shape index (κ1) is 25.3. The molecule has 1 amide bonds. The number of hydrogen-bond donors (Lipinski definition) is 1. The minimum absolute atomic E-state index is 0.0500. The maximum Gasteiger partial charge on any atom is 0.271 e. The normalized spacial score (nSPS) is 11.0. The summed E-state index contributed by atoms with van der Waals surface area (Å²) in [5, 5.41) is 23.5. The Kier molecular flexibility index (Phi) is 8.37. The van der Waals surface area contributed by atoms with E-state index in [0.29, 0.717) is 10.6 Å². The molecule has 172 valence electrons. The number of carbonyl (C=O) groups excluding carboxylic acids is 1. The molecule has 0 spiro atoms. The maximum absolute atomic E-state index is 12.5. The average molecular weight is 537 g/mol. The van der Waals surface area contributed by atoms with Crippen LogP contribution in [0.25, 0.3) is 6.08 Å². The number of anilines is 1. The van der Waals surface area contributed by atoms with Gasteiger partial charge in [0.1, 0.15) is 18.2 Å². The molecule has 3 aromatic rings. The second-order valence-corrected chi connectivity index (χ2v) is 8.37. The highest BCUT2D eigenvalue weighted by Gasteiger charge is 2.16. The third kappa shape index (κ3) is 6.19. The molecule has 0 aliphatic rings. The largest absolute Gasteiger partial charge is 0.486 e. The van der Waals surface area contributed by atoms with Crippen molar-refractivity contribution in [3.63, 3.8) is 0 Å². The van der Waals surface area contributed by atoms with Crippen molar-refractivity contribution in [1.29, 1.82) is 5.26 Å². The summed E-state index contributed by atoms with van der Waals surface area (Å²) >= 11 is 24.7. The molecule has 3 rings (SSSR count). The molecule has 1 N–H and O–H groups in total. The van der Waals surface area contributed by atoms with E-state index < -0.39 is 10.8 Å². The first-order valence-corrected chi connectivity index (χ1v) is 10.9. The molecular weight excluding hydrogens is 524 g/mol. The Morgan fingerprint density at radius 2 is 1.71 bits per heavy atom. The molecule has 0 radical (unpaired) electrons. The van der Waals surface area contributed by atoms with E-state index in [4.69, 9.17) is 51.1 Å². The minimum atomic E-state index is -0.774. The number of benzene rings is 3. The van der Waals surface area contributed by atoms with Gasteiger partial charge in [-0.2, -0.15) is 5.26 Å². The quantitative estimate of drug-likeness (QED) is 0.147. The van der Waals surface area contributed by atoms with Crippen LogP contribution in [0.5, 0.6) is 5.75 Å². The van der Waals surface area contributed by atoms with E-state index in [-0.39, 0.29) is 44.4 Å². The molecule has 0 saturated heterocycles. The smallest absolute Gasteiger partial charge is 0.271 e. The van der Waals surface area contributed by atoms with Crippen molar-refractivity contribution in [1.82, 2.24) is 0 Å². The molecule has 0 bridgehead atoms. The number of halogens is 4. The van der Waals surface area contributed by atoms with Gasteiger partial charge < -0.3 is 10.1 Å². The number of rotatable bonds is 7. The molecule has 0 aromatic heterocycles. The number of hydrogen-bond acceptors (Lipinski definition) is 5. The van der Waals surface area contributed by atoms with Gasteiger partial charge in [-0.3, -0.25) is 14.9 Å². The lowest BCUT2D eigenvalue weighted by atomic mass is 10.1. The van der Waals surface area contributed by atoms with Crippen LogP contribution in [0, 0.1) is 21.4 Å². The number of nitro groups is 1. The summed E-state index contributed by atoms with van der Waals surface area (Å²) in [4.78, 5) is 22.8. The van der Waals surface area contributed by atoms with Crippen molar-refractivity contribution in [3.8, 4) is 11.8 Å². The summed E-state index contributed by atoms with van der Waals surface area (Å²) in [5.41, 5.74) is 0.722. The van der Waals surface area contributed by atoms with E-state index in [0.717, 1.165) is 11.6 Å². The summed E-state index contributed by atoms with van der Waals surface area (Å²) < 4.78 is 5.71. The van der Waals surface area contributed by atoms with Crippen LogP contribution >= 0.6 is 46.4 Å². The fraction of sp³-hybridized carbons (Fsp3) is 0.0435. The number of non-ortho nitro benzene ring substituents is 1. The van der Waals surface area contributed by atoms with Crippen LogP contribution in [-0.2, 0) is 11.4 Å². The predicted octanol–water partition coefficient (Wildman–Crippen LogP) is 7.33. The van der Waals surface area contributed by atoms with Crippen molar-refractivity contribution in [2.75, 3.05) is 5.32 Å². The molecule has 0 unspecified atom stereocenters. The van der Waals surface area contributed by atoms with Crippen LogP contribution < -0.4 is 10.1 Å². The number of nitro benzene ring substituents is 1. The molecular formula is C23H13Cl4N3O4. The molecule has 34 heavy (non-hydrogen) atoms. The van der Waals surface area contributed by atoms with E-state index >= 15 is 0 Å². The number of ether oxygens (including phenoxy) is 1. The number of nitrogens with one attached hydrogen (secondary N) is 1. The van der Waals surface area contributed by atoms with Crippen LogP contribution in [0.4, 0.5) is 11.4 Å². The highest BCUT2D eigenvalue weighted by atomic mass is 35.5. The Bertz CT molecular complexity index is 1330. The maximum atomic E-state index is 12.5. The van der Waals surface area contributed by atoms with Gasteiger partial charge in [0.15, 0.2) is 5.75 Å². The van der Waals surface area contributed by atoms with Crippen molar-refractivity contribution >= 4 is 69.8 Å². The molecule has 3 aromatic carbocycles. The van der Waals surface area contributed by atoms with Gasteiger partial charge in [-0.05, 0) is 35.9 Å². The fourth-order valence-electron chi connectivity index (χ4n) is 2.79. The molecule has 7 nitrogen and oxygen atoms in total. The Morgan fingerprint density at radius 1 is 1.03 bits per heavy atom. The van der Waals surface area contributed by atoms with Crippen molar-refractivity contribution in [2.24, 2.45) is 0 Å². The fourth-order valence-corrected chi connectivity index (χ4v) is 3.82. The van der Waals surface area contributed by atoms with E-state index in [2.05, 4.69) is 5.32 Å². The minimum Gasteiger partial charge on any atom is -0.486 e. The van der Waals surface area contributed by atoms with Gasteiger partial charge in [0.05, 0.1) is 25.7 Å². The number of amides is 1. The summed E-state index contributed by atoms with van der Waals surface area (Å²) in [7, 11) is 0. The molecule has 0 fully saturated rings. The van der Waals surface area contributed by atoms with E-state index in [1.807, 2.05) is 6.07 Å². The lowest BCUT2D eigenvalue weighted by Crippen LogP contribution is -2.13. The Morgan fingerprint density at radius 3 is 2.29 bits per heavy atom. The SMILES string of the molecule is N#C/C(=C\c1cc(Cl)c(OCc2ccccc2Cl)c(Cl)c1)C(=O)Nc1ccc([N+](=O)[O-])cc1Cl. The highest BCUT2D eigenvalue weighted by molar-refractivity contribution is 6.37. The topological polar surface area (TPSA) is 105 Å². The monoisotopic (exact) mass is 535 g/mol. The van der Waals surface area contributed by atoms with Gasteiger partial charge in [0.25, 0.3) is 11.6 Å². The third-order valence-corrected chi connectivity index (χ3v) is 5.68. The second kappa shape index (κ2) is 11.2. The first-order chi connectivity index (χ1) is 16.2. The zero-order valence-electron chi connectivity index (χ0n) is 17.0. The van der Waals surface area contributed by atoms with Crippen LogP contribution in [0.2, 0.25) is 20.1 Å². The van der Waals surface area contributed by atoms with Gasteiger partial charge in [-0.25, -0.2) is 0 Å². The van der Waals surface area contributed by atoms with Crippen molar-refractivity contribution in [2.45, 2.75) is 6.61 Å². The van der Waals surface area contributed by atoms with Gasteiger partial charge in [-0.15, -0.1) is 0 Å². The second-order valence-electron chi connectivity index (χ2n) is 6.74. The molecule has 0 atom stereocenters. The van der Waals surface area contributed by atoms with Crippen LogP contribution in [-0.4, -0.2) is 10.8 Å². The molecule has 0 aliphatic carbocycles. The van der Waals surface area contributed by atoms with Crippen molar-refractivity contribution < 1.29 is 14.5 Å². The summed E-state index contributed by atoms with van der Waals surface area (Å²) in [6.45, 7) is 0.135. The highest BCUT2D eigenvalue weighted by Crippen LogP contribution is 2.36. The number of nitrogens with zero attached hydrogens (tertiary/aromatic N) is 2. The van der Waals surface area contributed by atoms with Gasteiger partial charge in [0, 0.05) is 22.7 Å². The van der Waals surface area contributed by atoms with Crippen LogP contribution in [0.15, 0.2) is 60.2 Å². The zero-order chi connectivity index (χ0) is 24.8. The van der Waals surface area contributed by atoms with Crippen LogP contribution in [0.1, 0.15) is 11.1 Å². The number of nitriles is 1. The van der Waals surface area contributed by atoms with E-state index in [1.165, 1.54) is 30.3 Å². The van der Waals surface area contributed by atoms with Gasteiger partial charge in [-0.1, -0.05) is 64.6 Å². The van der Waals surface area contributed by atoms with Gasteiger partial charge in [0.2, 0.25) is 0 Å². The average Bonchev–Trinajstić information content (AvgIpc) is 2.79. The Labute approximate surface area is 214 Å². The summed E-state index contributed by atoms with van der Waals surface area (Å²) in [6.07, 6.45) is 1.28. The molecule has 0 aliphatic heterocycles. The van der Waals surface area contributed by atoms with E-state index in [9.17, 15) is 20.2 Å².